The average molecular weight is 296 g/mol. The summed E-state index contributed by atoms with van der Waals surface area (Å²) < 4.78 is 27.7. The van der Waals surface area contributed by atoms with Gasteiger partial charge in [-0.15, -0.1) is 0 Å². The molecule has 0 bridgehead atoms. The van der Waals surface area contributed by atoms with Crippen molar-refractivity contribution in [3.63, 3.8) is 0 Å². The van der Waals surface area contributed by atoms with Crippen molar-refractivity contribution >= 4 is 10.0 Å². The summed E-state index contributed by atoms with van der Waals surface area (Å²) in [5.41, 5.74) is 7.56. The standard InChI is InChI=1S/C15H24N2O2S/c1-4-12-6-5-11(9-16)7-14(12)20(18,19)17-10-13-8-15(13,2)3/h5-7,13,17H,4,8-10,16H2,1-3H3. The third-order valence-corrected chi connectivity index (χ3v) is 5.78. The molecule has 20 heavy (non-hydrogen) atoms. The molecule has 0 aromatic heterocycles. The largest absolute Gasteiger partial charge is 0.326 e. The minimum atomic E-state index is -3.45. The molecule has 1 atom stereocenters. The molecule has 1 unspecified atom stereocenters. The molecule has 1 aromatic rings. The molecule has 0 heterocycles. The summed E-state index contributed by atoms with van der Waals surface area (Å²) in [6.45, 7) is 7.16. The van der Waals surface area contributed by atoms with Gasteiger partial charge in [-0.1, -0.05) is 32.9 Å². The minimum absolute atomic E-state index is 0.273. The quantitative estimate of drug-likeness (QED) is 0.843. The molecule has 1 aromatic carbocycles. The van der Waals surface area contributed by atoms with Crippen LogP contribution >= 0.6 is 0 Å². The second kappa shape index (κ2) is 5.47. The fourth-order valence-corrected chi connectivity index (χ4v) is 3.92. The van der Waals surface area contributed by atoms with Crippen molar-refractivity contribution in [2.24, 2.45) is 17.1 Å². The Balaban J connectivity index is 2.19. The van der Waals surface area contributed by atoms with Gasteiger partial charge in [-0.05, 0) is 41.4 Å². The molecular weight excluding hydrogens is 272 g/mol. The number of sulfonamides is 1. The van der Waals surface area contributed by atoms with Crippen LogP contribution in [0.15, 0.2) is 23.1 Å². The van der Waals surface area contributed by atoms with Crippen LogP contribution in [0, 0.1) is 11.3 Å². The van der Waals surface area contributed by atoms with Crippen molar-refractivity contribution in [3.05, 3.63) is 29.3 Å². The summed E-state index contributed by atoms with van der Waals surface area (Å²) in [5, 5.41) is 0. The van der Waals surface area contributed by atoms with Gasteiger partial charge in [0.1, 0.15) is 0 Å². The predicted molar refractivity (Wildman–Crippen MR) is 80.8 cm³/mol. The highest BCUT2D eigenvalue weighted by Crippen LogP contribution is 2.51. The van der Waals surface area contributed by atoms with Crippen molar-refractivity contribution in [2.45, 2.75) is 45.1 Å². The van der Waals surface area contributed by atoms with Gasteiger partial charge in [-0.25, -0.2) is 13.1 Å². The van der Waals surface area contributed by atoms with E-state index in [1.165, 1.54) is 0 Å². The van der Waals surface area contributed by atoms with Crippen molar-refractivity contribution in [2.75, 3.05) is 6.54 Å². The number of benzene rings is 1. The number of aryl methyl sites for hydroxylation is 1. The summed E-state index contributed by atoms with van der Waals surface area (Å²) in [4.78, 5) is 0.376. The Labute approximate surface area is 121 Å². The topological polar surface area (TPSA) is 72.2 Å². The summed E-state index contributed by atoms with van der Waals surface area (Å²) in [7, 11) is -3.45. The zero-order chi connectivity index (χ0) is 15.0. The Morgan fingerprint density at radius 2 is 2.05 bits per heavy atom. The molecule has 0 radical (unpaired) electrons. The van der Waals surface area contributed by atoms with E-state index in [9.17, 15) is 8.42 Å². The van der Waals surface area contributed by atoms with E-state index in [-0.39, 0.29) is 5.41 Å². The van der Waals surface area contributed by atoms with Gasteiger partial charge in [0.05, 0.1) is 4.90 Å². The van der Waals surface area contributed by atoms with E-state index in [1.807, 2.05) is 19.1 Å². The van der Waals surface area contributed by atoms with Gasteiger partial charge < -0.3 is 5.73 Å². The van der Waals surface area contributed by atoms with Crippen LogP contribution in [0.3, 0.4) is 0 Å². The lowest BCUT2D eigenvalue weighted by Crippen LogP contribution is -2.28. The summed E-state index contributed by atoms with van der Waals surface area (Å²) >= 11 is 0. The van der Waals surface area contributed by atoms with E-state index in [0.717, 1.165) is 17.5 Å². The Morgan fingerprint density at radius 3 is 2.55 bits per heavy atom. The molecular formula is C15H24N2O2S. The summed E-state index contributed by atoms with van der Waals surface area (Å²) in [5.74, 6) is 0.444. The normalized spacial score (nSPS) is 20.9. The smallest absolute Gasteiger partial charge is 0.240 e. The molecule has 1 saturated carbocycles. The Bertz CT molecular complexity index is 594. The molecule has 5 heteroatoms. The molecule has 4 nitrogen and oxygen atoms in total. The second-order valence-electron chi connectivity index (χ2n) is 6.24. The highest BCUT2D eigenvalue weighted by atomic mass is 32.2. The van der Waals surface area contributed by atoms with Crippen LogP contribution in [0.25, 0.3) is 0 Å². The fraction of sp³-hybridized carbons (Fsp3) is 0.600. The van der Waals surface area contributed by atoms with Crippen LogP contribution < -0.4 is 10.5 Å². The van der Waals surface area contributed by atoms with E-state index in [0.29, 0.717) is 30.3 Å². The van der Waals surface area contributed by atoms with Crippen LogP contribution in [0.2, 0.25) is 0 Å². The first kappa shape index (κ1) is 15.5. The number of hydrogen-bond donors (Lipinski definition) is 2. The highest BCUT2D eigenvalue weighted by Gasteiger charge is 2.45. The second-order valence-corrected chi connectivity index (χ2v) is 7.98. The SMILES string of the molecule is CCc1ccc(CN)cc1S(=O)(=O)NCC1CC1(C)C. The van der Waals surface area contributed by atoms with E-state index in [2.05, 4.69) is 18.6 Å². The third kappa shape index (κ3) is 3.22. The molecule has 1 aliphatic rings. The van der Waals surface area contributed by atoms with Crippen molar-refractivity contribution < 1.29 is 8.42 Å². The number of nitrogens with two attached hydrogens (primary N) is 1. The van der Waals surface area contributed by atoms with Crippen LogP contribution in [-0.4, -0.2) is 15.0 Å². The molecule has 1 fully saturated rings. The molecule has 0 aliphatic heterocycles. The van der Waals surface area contributed by atoms with Crippen LogP contribution in [-0.2, 0) is 23.0 Å². The lowest BCUT2D eigenvalue weighted by Gasteiger charge is -2.12. The lowest BCUT2D eigenvalue weighted by atomic mass is 10.1. The average Bonchev–Trinajstić information content (AvgIpc) is 3.03. The van der Waals surface area contributed by atoms with E-state index < -0.39 is 10.0 Å². The molecule has 0 saturated heterocycles. The molecule has 0 spiro atoms. The maximum absolute atomic E-state index is 12.5. The lowest BCUT2D eigenvalue weighted by molar-refractivity contribution is 0.537. The maximum atomic E-state index is 12.5. The maximum Gasteiger partial charge on any atom is 0.240 e. The minimum Gasteiger partial charge on any atom is -0.326 e. The molecule has 3 N–H and O–H groups in total. The summed E-state index contributed by atoms with van der Waals surface area (Å²) in [6, 6.07) is 5.44. The number of nitrogens with one attached hydrogen (secondary N) is 1. The van der Waals surface area contributed by atoms with E-state index in [4.69, 9.17) is 5.73 Å². The summed E-state index contributed by atoms with van der Waals surface area (Å²) in [6.07, 6.45) is 1.77. The highest BCUT2D eigenvalue weighted by molar-refractivity contribution is 7.89. The first-order chi connectivity index (χ1) is 9.30. The molecule has 2 rings (SSSR count). The van der Waals surface area contributed by atoms with Gasteiger partial charge in [-0.2, -0.15) is 0 Å². The Morgan fingerprint density at radius 1 is 1.40 bits per heavy atom. The zero-order valence-corrected chi connectivity index (χ0v) is 13.3. The van der Waals surface area contributed by atoms with Crippen LogP contribution in [0.4, 0.5) is 0 Å². The van der Waals surface area contributed by atoms with Crippen molar-refractivity contribution in [1.29, 1.82) is 0 Å². The van der Waals surface area contributed by atoms with Gasteiger partial charge in [0.25, 0.3) is 0 Å². The third-order valence-electron chi connectivity index (χ3n) is 4.27. The van der Waals surface area contributed by atoms with Gasteiger partial charge in [0.15, 0.2) is 0 Å². The van der Waals surface area contributed by atoms with Crippen molar-refractivity contribution in [3.8, 4) is 0 Å². The van der Waals surface area contributed by atoms with Gasteiger partial charge in [0.2, 0.25) is 10.0 Å². The van der Waals surface area contributed by atoms with Gasteiger partial charge in [-0.3, -0.25) is 0 Å². The number of hydrogen-bond acceptors (Lipinski definition) is 3. The Hall–Kier alpha value is -0.910. The molecule has 112 valence electrons. The van der Waals surface area contributed by atoms with Gasteiger partial charge >= 0.3 is 0 Å². The Kier molecular flexibility index (Phi) is 4.23. The van der Waals surface area contributed by atoms with Crippen molar-refractivity contribution in [1.82, 2.24) is 4.72 Å². The zero-order valence-electron chi connectivity index (χ0n) is 12.4. The fourth-order valence-electron chi connectivity index (χ4n) is 2.48. The van der Waals surface area contributed by atoms with Crippen LogP contribution in [0.5, 0.6) is 0 Å². The van der Waals surface area contributed by atoms with E-state index >= 15 is 0 Å². The monoisotopic (exact) mass is 296 g/mol. The molecule has 0 amide bonds. The number of rotatable bonds is 6. The first-order valence-corrected chi connectivity index (χ1v) is 8.60. The molecule has 1 aliphatic carbocycles. The van der Waals surface area contributed by atoms with Crippen LogP contribution in [0.1, 0.15) is 38.3 Å². The predicted octanol–water partition coefficient (Wildman–Crippen LogP) is 2.03. The first-order valence-electron chi connectivity index (χ1n) is 7.11. The van der Waals surface area contributed by atoms with E-state index in [1.54, 1.807) is 6.07 Å². The van der Waals surface area contributed by atoms with Gasteiger partial charge in [0, 0.05) is 13.1 Å².